The molecule has 100 valence electrons. The SMILES string of the molecule is Cc1ccc(NC(=O)NC2CCC2)c(C#CCN)c1. The third-order valence-electron chi connectivity index (χ3n) is 3.19. The summed E-state index contributed by atoms with van der Waals surface area (Å²) in [5.41, 5.74) is 8.01. The Morgan fingerprint density at radius 1 is 1.47 bits per heavy atom. The molecule has 1 aliphatic carbocycles. The predicted molar refractivity (Wildman–Crippen MR) is 76.9 cm³/mol. The molecule has 4 N–H and O–H groups in total. The number of benzene rings is 1. The first-order chi connectivity index (χ1) is 9.19. The summed E-state index contributed by atoms with van der Waals surface area (Å²) in [6.45, 7) is 2.30. The van der Waals surface area contributed by atoms with Crippen molar-refractivity contribution in [1.82, 2.24) is 5.32 Å². The molecule has 4 nitrogen and oxygen atoms in total. The minimum Gasteiger partial charge on any atom is -0.335 e. The third-order valence-corrected chi connectivity index (χ3v) is 3.19. The number of urea groups is 1. The van der Waals surface area contributed by atoms with Crippen LogP contribution in [0.3, 0.4) is 0 Å². The number of rotatable bonds is 2. The highest BCUT2D eigenvalue weighted by Gasteiger charge is 2.19. The maximum Gasteiger partial charge on any atom is 0.319 e. The molecule has 0 aromatic heterocycles. The Morgan fingerprint density at radius 2 is 2.26 bits per heavy atom. The molecule has 0 unspecified atom stereocenters. The molecule has 0 bridgehead atoms. The van der Waals surface area contributed by atoms with E-state index in [2.05, 4.69) is 22.5 Å². The number of nitrogens with one attached hydrogen (secondary N) is 2. The van der Waals surface area contributed by atoms with Crippen molar-refractivity contribution in [3.05, 3.63) is 29.3 Å². The van der Waals surface area contributed by atoms with Gasteiger partial charge in [0.2, 0.25) is 0 Å². The van der Waals surface area contributed by atoms with Crippen LogP contribution in [0.25, 0.3) is 0 Å². The van der Waals surface area contributed by atoms with E-state index in [0.29, 0.717) is 12.6 Å². The monoisotopic (exact) mass is 257 g/mol. The Labute approximate surface area is 113 Å². The highest BCUT2D eigenvalue weighted by atomic mass is 16.2. The Bertz CT molecular complexity index is 524. The summed E-state index contributed by atoms with van der Waals surface area (Å²) in [6.07, 6.45) is 3.34. The first-order valence-electron chi connectivity index (χ1n) is 6.56. The molecule has 1 aromatic carbocycles. The first kappa shape index (κ1) is 13.4. The van der Waals surface area contributed by atoms with Crippen LogP contribution in [0.1, 0.15) is 30.4 Å². The summed E-state index contributed by atoms with van der Waals surface area (Å²) in [4.78, 5) is 11.8. The van der Waals surface area contributed by atoms with Gasteiger partial charge in [0.05, 0.1) is 12.2 Å². The molecule has 1 aliphatic rings. The van der Waals surface area contributed by atoms with E-state index in [1.54, 1.807) is 0 Å². The smallest absolute Gasteiger partial charge is 0.319 e. The lowest BCUT2D eigenvalue weighted by molar-refractivity contribution is 0.240. The first-order valence-corrected chi connectivity index (χ1v) is 6.56. The average molecular weight is 257 g/mol. The number of hydrogen-bond acceptors (Lipinski definition) is 2. The number of carbonyl (C=O) groups excluding carboxylic acids is 1. The van der Waals surface area contributed by atoms with E-state index in [9.17, 15) is 4.79 Å². The van der Waals surface area contributed by atoms with Gasteiger partial charge in [0.15, 0.2) is 0 Å². The van der Waals surface area contributed by atoms with Gasteiger partial charge >= 0.3 is 6.03 Å². The fourth-order valence-electron chi connectivity index (χ4n) is 1.91. The van der Waals surface area contributed by atoms with E-state index in [1.165, 1.54) is 6.42 Å². The fraction of sp³-hybridized carbons (Fsp3) is 0.400. The van der Waals surface area contributed by atoms with Crippen molar-refractivity contribution in [1.29, 1.82) is 0 Å². The zero-order valence-corrected chi connectivity index (χ0v) is 11.1. The van der Waals surface area contributed by atoms with Crippen molar-refractivity contribution in [3.63, 3.8) is 0 Å². The Morgan fingerprint density at radius 3 is 2.89 bits per heavy atom. The molecule has 4 heteroatoms. The second kappa shape index (κ2) is 6.26. The van der Waals surface area contributed by atoms with Gasteiger partial charge in [-0.25, -0.2) is 4.79 Å². The quantitative estimate of drug-likeness (QED) is 0.709. The van der Waals surface area contributed by atoms with E-state index in [4.69, 9.17) is 5.73 Å². The highest BCUT2D eigenvalue weighted by molar-refractivity contribution is 5.91. The van der Waals surface area contributed by atoms with Crippen LogP contribution in [0.4, 0.5) is 10.5 Å². The third kappa shape index (κ3) is 3.73. The molecular weight excluding hydrogens is 238 g/mol. The molecular formula is C15H19N3O. The molecule has 1 fully saturated rings. The second-order valence-corrected chi connectivity index (χ2v) is 4.78. The number of amides is 2. The zero-order valence-electron chi connectivity index (χ0n) is 11.1. The standard InChI is InChI=1S/C15H19N3O/c1-11-7-8-14(12(10-11)4-3-9-16)18-15(19)17-13-5-2-6-13/h7-8,10,13H,2,5-6,9,16H2,1H3,(H2,17,18,19). The van der Waals surface area contributed by atoms with Crippen LogP contribution in [0.2, 0.25) is 0 Å². The molecule has 1 saturated carbocycles. The molecule has 0 heterocycles. The minimum atomic E-state index is -0.163. The fourth-order valence-corrected chi connectivity index (χ4v) is 1.91. The van der Waals surface area contributed by atoms with Crippen LogP contribution in [0, 0.1) is 18.8 Å². The van der Waals surface area contributed by atoms with E-state index in [-0.39, 0.29) is 6.03 Å². The molecule has 19 heavy (non-hydrogen) atoms. The van der Waals surface area contributed by atoms with Crippen molar-refractivity contribution < 1.29 is 4.79 Å². The maximum absolute atomic E-state index is 11.8. The van der Waals surface area contributed by atoms with Crippen LogP contribution in [-0.4, -0.2) is 18.6 Å². The van der Waals surface area contributed by atoms with E-state index < -0.39 is 0 Å². The van der Waals surface area contributed by atoms with E-state index in [0.717, 1.165) is 29.7 Å². The maximum atomic E-state index is 11.8. The van der Waals surface area contributed by atoms with Crippen molar-refractivity contribution in [2.75, 3.05) is 11.9 Å². The molecule has 0 atom stereocenters. The van der Waals surface area contributed by atoms with Crippen molar-refractivity contribution in [2.24, 2.45) is 5.73 Å². The topological polar surface area (TPSA) is 67.2 Å². The molecule has 0 radical (unpaired) electrons. The van der Waals surface area contributed by atoms with Crippen LogP contribution >= 0.6 is 0 Å². The molecule has 2 amide bonds. The minimum absolute atomic E-state index is 0.163. The van der Waals surface area contributed by atoms with Crippen LogP contribution < -0.4 is 16.4 Å². The van der Waals surface area contributed by atoms with E-state index >= 15 is 0 Å². The summed E-state index contributed by atoms with van der Waals surface area (Å²) in [5.74, 6) is 5.80. The average Bonchev–Trinajstić information content (AvgIpc) is 2.34. The number of nitrogens with two attached hydrogens (primary N) is 1. The second-order valence-electron chi connectivity index (χ2n) is 4.78. The number of anilines is 1. The van der Waals surface area contributed by atoms with Crippen molar-refractivity contribution >= 4 is 11.7 Å². The summed E-state index contributed by atoms with van der Waals surface area (Å²) in [5, 5.41) is 5.79. The molecule has 0 aliphatic heterocycles. The Hall–Kier alpha value is -1.99. The molecule has 1 aromatic rings. The van der Waals surface area contributed by atoms with E-state index in [1.807, 2.05) is 25.1 Å². The van der Waals surface area contributed by atoms with Gasteiger partial charge in [0.25, 0.3) is 0 Å². The highest BCUT2D eigenvalue weighted by Crippen LogP contribution is 2.19. The molecule has 0 spiro atoms. The lowest BCUT2D eigenvalue weighted by atomic mass is 9.93. The van der Waals surface area contributed by atoms with Gasteiger partial charge in [-0.05, 0) is 43.9 Å². The Kier molecular flexibility index (Phi) is 4.43. The van der Waals surface area contributed by atoms with Gasteiger partial charge < -0.3 is 16.4 Å². The van der Waals surface area contributed by atoms with Crippen molar-refractivity contribution in [2.45, 2.75) is 32.2 Å². The summed E-state index contributed by atoms with van der Waals surface area (Å²) in [7, 11) is 0. The van der Waals surface area contributed by atoms with Gasteiger partial charge in [0, 0.05) is 11.6 Å². The van der Waals surface area contributed by atoms with Crippen LogP contribution in [0.15, 0.2) is 18.2 Å². The van der Waals surface area contributed by atoms with Gasteiger partial charge in [-0.1, -0.05) is 17.9 Å². The lowest BCUT2D eigenvalue weighted by Gasteiger charge is -2.26. The normalized spacial score (nSPS) is 14.0. The van der Waals surface area contributed by atoms with Crippen LogP contribution in [-0.2, 0) is 0 Å². The zero-order chi connectivity index (χ0) is 13.7. The van der Waals surface area contributed by atoms with Gasteiger partial charge in [-0.3, -0.25) is 0 Å². The van der Waals surface area contributed by atoms with Crippen LogP contribution in [0.5, 0.6) is 0 Å². The number of hydrogen-bond donors (Lipinski definition) is 3. The number of aryl methyl sites for hydroxylation is 1. The summed E-state index contributed by atoms with van der Waals surface area (Å²) in [6, 6.07) is 5.93. The predicted octanol–water partition coefficient (Wildman–Crippen LogP) is 1.98. The van der Waals surface area contributed by atoms with Gasteiger partial charge in [-0.15, -0.1) is 0 Å². The lowest BCUT2D eigenvalue weighted by Crippen LogP contribution is -2.41. The van der Waals surface area contributed by atoms with Gasteiger partial charge in [-0.2, -0.15) is 0 Å². The summed E-state index contributed by atoms with van der Waals surface area (Å²) >= 11 is 0. The van der Waals surface area contributed by atoms with Crippen molar-refractivity contribution in [3.8, 4) is 11.8 Å². The number of carbonyl (C=O) groups is 1. The Balaban J connectivity index is 2.07. The largest absolute Gasteiger partial charge is 0.335 e. The summed E-state index contributed by atoms with van der Waals surface area (Å²) < 4.78 is 0. The van der Waals surface area contributed by atoms with Gasteiger partial charge in [0.1, 0.15) is 0 Å². The molecule has 0 saturated heterocycles. The molecule has 2 rings (SSSR count).